The second kappa shape index (κ2) is 7.09. The smallest absolute Gasteiger partial charge is 0.293 e. The third kappa shape index (κ3) is 3.79. The van der Waals surface area contributed by atoms with Crippen LogP contribution in [0.25, 0.3) is 22.4 Å². The van der Waals surface area contributed by atoms with Gasteiger partial charge in [-0.15, -0.1) is 0 Å². The normalized spacial score (nSPS) is 11.7. The van der Waals surface area contributed by atoms with Crippen LogP contribution >= 0.6 is 11.5 Å². The standard InChI is InChI=1S/C20H17N3O4S2/c1-11-4-9-16-15(10-11)12(2)17(27-16)19(24)22-20-21-18(23-28-20)13-5-7-14(8-6-13)29(3,25)26/h4-10H,1-3H3,(H,21,22,23,24). The van der Waals surface area contributed by atoms with Crippen LogP contribution < -0.4 is 5.32 Å². The lowest BCUT2D eigenvalue weighted by Crippen LogP contribution is -2.11. The van der Waals surface area contributed by atoms with E-state index in [0.717, 1.165) is 34.3 Å². The summed E-state index contributed by atoms with van der Waals surface area (Å²) in [5, 5.41) is 3.95. The number of sulfone groups is 1. The first-order chi connectivity index (χ1) is 13.7. The molecule has 4 rings (SSSR count). The number of nitrogens with zero attached hydrogens (tertiary/aromatic N) is 2. The van der Waals surface area contributed by atoms with Gasteiger partial charge in [-0.25, -0.2) is 8.42 Å². The lowest BCUT2D eigenvalue weighted by molar-refractivity contribution is 0.0998. The van der Waals surface area contributed by atoms with Crippen molar-refractivity contribution in [3.05, 3.63) is 59.4 Å². The van der Waals surface area contributed by atoms with Gasteiger partial charge in [0.2, 0.25) is 5.13 Å². The quantitative estimate of drug-likeness (QED) is 0.523. The molecule has 0 radical (unpaired) electrons. The average molecular weight is 428 g/mol. The summed E-state index contributed by atoms with van der Waals surface area (Å²) in [5.41, 5.74) is 3.16. The fourth-order valence-electron chi connectivity index (χ4n) is 2.95. The number of anilines is 1. The van der Waals surface area contributed by atoms with Gasteiger partial charge in [0.25, 0.3) is 5.91 Å². The highest BCUT2D eigenvalue weighted by molar-refractivity contribution is 7.90. The van der Waals surface area contributed by atoms with Gasteiger partial charge in [-0.05, 0) is 50.2 Å². The first kappa shape index (κ1) is 19.3. The Hall–Kier alpha value is -3.04. The number of carbonyl (C=O) groups is 1. The van der Waals surface area contributed by atoms with E-state index < -0.39 is 15.7 Å². The topological polar surface area (TPSA) is 102 Å². The molecule has 0 saturated heterocycles. The summed E-state index contributed by atoms with van der Waals surface area (Å²) in [7, 11) is -3.27. The molecule has 29 heavy (non-hydrogen) atoms. The molecular formula is C20H17N3O4S2. The summed E-state index contributed by atoms with van der Waals surface area (Å²) in [5.74, 6) is 0.244. The SMILES string of the molecule is Cc1ccc2oc(C(=O)Nc3nc(-c4ccc(S(C)(=O)=O)cc4)ns3)c(C)c2c1. The largest absolute Gasteiger partial charge is 0.451 e. The Labute approximate surface area is 171 Å². The van der Waals surface area contributed by atoms with E-state index in [1.807, 2.05) is 32.0 Å². The minimum atomic E-state index is -3.27. The number of nitrogens with one attached hydrogen (secondary N) is 1. The number of hydrogen-bond acceptors (Lipinski definition) is 7. The summed E-state index contributed by atoms with van der Waals surface area (Å²) in [6.45, 7) is 3.83. The maximum absolute atomic E-state index is 12.7. The molecule has 0 spiro atoms. The highest BCUT2D eigenvalue weighted by Gasteiger charge is 2.19. The zero-order chi connectivity index (χ0) is 20.8. The summed E-state index contributed by atoms with van der Waals surface area (Å²) in [4.78, 5) is 17.2. The van der Waals surface area contributed by atoms with Crippen molar-refractivity contribution in [3.63, 3.8) is 0 Å². The van der Waals surface area contributed by atoms with Crippen LogP contribution in [0.5, 0.6) is 0 Å². The number of aromatic nitrogens is 2. The first-order valence-electron chi connectivity index (χ1n) is 8.67. The van der Waals surface area contributed by atoms with Crippen LogP contribution in [-0.2, 0) is 9.84 Å². The van der Waals surface area contributed by atoms with Gasteiger partial charge in [-0.3, -0.25) is 10.1 Å². The molecule has 7 nitrogen and oxygen atoms in total. The third-order valence-corrected chi connectivity index (χ3v) is 6.24. The predicted octanol–water partition coefficient (Wildman–Crippen LogP) is 4.22. The van der Waals surface area contributed by atoms with Crippen molar-refractivity contribution in [2.24, 2.45) is 0 Å². The van der Waals surface area contributed by atoms with Crippen LogP contribution in [0.2, 0.25) is 0 Å². The number of fused-ring (bicyclic) bond motifs is 1. The molecule has 2 heterocycles. The van der Waals surface area contributed by atoms with Crippen LogP contribution in [0.1, 0.15) is 21.7 Å². The first-order valence-corrected chi connectivity index (χ1v) is 11.3. The molecule has 0 fully saturated rings. The van der Waals surface area contributed by atoms with E-state index in [4.69, 9.17) is 4.42 Å². The van der Waals surface area contributed by atoms with E-state index in [-0.39, 0.29) is 10.7 Å². The molecule has 1 N–H and O–H groups in total. The lowest BCUT2D eigenvalue weighted by Gasteiger charge is -2.00. The second-order valence-corrected chi connectivity index (χ2v) is 9.50. The van der Waals surface area contributed by atoms with E-state index in [1.165, 1.54) is 12.1 Å². The van der Waals surface area contributed by atoms with Crippen LogP contribution in [0, 0.1) is 13.8 Å². The molecule has 2 aromatic carbocycles. The molecule has 0 bridgehead atoms. The van der Waals surface area contributed by atoms with Crippen LogP contribution in [0.15, 0.2) is 51.8 Å². The van der Waals surface area contributed by atoms with Gasteiger partial charge in [-0.2, -0.15) is 9.36 Å². The molecule has 1 amide bonds. The number of carbonyl (C=O) groups excluding carboxylic acids is 1. The number of aryl methyl sites for hydroxylation is 2. The molecule has 9 heteroatoms. The van der Waals surface area contributed by atoms with Crippen molar-refractivity contribution in [2.75, 3.05) is 11.6 Å². The van der Waals surface area contributed by atoms with Crippen LogP contribution in [0.4, 0.5) is 5.13 Å². The number of benzene rings is 2. The molecule has 0 aliphatic rings. The second-order valence-electron chi connectivity index (χ2n) is 6.73. The molecule has 0 aliphatic carbocycles. The molecule has 0 atom stereocenters. The van der Waals surface area contributed by atoms with E-state index in [1.54, 1.807) is 12.1 Å². The lowest BCUT2D eigenvalue weighted by atomic mass is 10.1. The maximum Gasteiger partial charge on any atom is 0.293 e. The summed E-state index contributed by atoms with van der Waals surface area (Å²) in [6, 6.07) is 12.0. The molecular weight excluding hydrogens is 410 g/mol. The van der Waals surface area contributed by atoms with Crippen molar-refractivity contribution < 1.29 is 17.6 Å². The Morgan fingerprint density at radius 1 is 1.10 bits per heavy atom. The molecule has 148 valence electrons. The summed E-state index contributed by atoms with van der Waals surface area (Å²) < 4.78 is 33.1. The predicted molar refractivity (Wildman–Crippen MR) is 112 cm³/mol. The van der Waals surface area contributed by atoms with Gasteiger partial charge in [0.05, 0.1) is 4.90 Å². The van der Waals surface area contributed by atoms with Gasteiger partial charge in [0.15, 0.2) is 21.4 Å². The zero-order valence-corrected chi connectivity index (χ0v) is 17.5. The van der Waals surface area contributed by atoms with Gasteiger partial charge in [0, 0.05) is 34.3 Å². The minimum absolute atomic E-state index is 0.223. The van der Waals surface area contributed by atoms with Gasteiger partial charge in [-0.1, -0.05) is 11.6 Å². The van der Waals surface area contributed by atoms with Gasteiger partial charge in [0.1, 0.15) is 5.58 Å². The molecule has 0 saturated carbocycles. The Kier molecular flexibility index (Phi) is 4.71. The van der Waals surface area contributed by atoms with Gasteiger partial charge < -0.3 is 4.42 Å². The molecule has 2 aromatic heterocycles. The van der Waals surface area contributed by atoms with Crippen molar-refractivity contribution in [1.82, 2.24) is 9.36 Å². The number of hydrogen-bond donors (Lipinski definition) is 1. The highest BCUT2D eigenvalue weighted by atomic mass is 32.2. The van der Waals surface area contributed by atoms with Crippen molar-refractivity contribution in [2.45, 2.75) is 18.7 Å². The summed E-state index contributed by atoms with van der Waals surface area (Å²) in [6.07, 6.45) is 1.15. The van der Waals surface area contributed by atoms with E-state index >= 15 is 0 Å². The third-order valence-electron chi connectivity index (χ3n) is 4.49. The fourth-order valence-corrected chi connectivity index (χ4v) is 4.16. The van der Waals surface area contributed by atoms with E-state index in [2.05, 4.69) is 14.7 Å². The van der Waals surface area contributed by atoms with E-state index in [0.29, 0.717) is 22.1 Å². The maximum atomic E-state index is 12.7. The minimum Gasteiger partial charge on any atom is -0.451 e. The number of furan rings is 1. The zero-order valence-electron chi connectivity index (χ0n) is 15.9. The summed E-state index contributed by atoms with van der Waals surface area (Å²) >= 11 is 1.04. The molecule has 0 aliphatic heterocycles. The van der Waals surface area contributed by atoms with Gasteiger partial charge >= 0.3 is 0 Å². The van der Waals surface area contributed by atoms with Crippen LogP contribution in [-0.4, -0.2) is 29.9 Å². The number of amides is 1. The Morgan fingerprint density at radius 2 is 1.83 bits per heavy atom. The monoisotopic (exact) mass is 427 g/mol. The Bertz CT molecular complexity index is 1340. The number of rotatable bonds is 4. The Morgan fingerprint density at radius 3 is 2.52 bits per heavy atom. The van der Waals surface area contributed by atoms with Crippen LogP contribution in [0.3, 0.4) is 0 Å². The van der Waals surface area contributed by atoms with E-state index in [9.17, 15) is 13.2 Å². The molecule has 0 unspecified atom stereocenters. The average Bonchev–Trinajstić information content (AvgIpc) is 3.26. The highest BCUT2D eigenvalue weighted by Crippen LogP contribution is 2.28. The fraction of sp³-hybridized carbons (Fsp3) is 0.150. The Balaban J connectivity index is 1.56. The van der Waals surface area contributed by atoms with Crippen molar-refractivity contribution >= 4 is 43.4 Å². The molecule has 4 aromatic rings. The van der Waals surface area contributed by atoms with Crippen molar-refractivity contribution in [1.29, 1.82) is 0 Å². The van der Waals surface area contributed by atoms with Crippen molar-refractivity contribution in [3.8, 4) is 11.4 Å².